The molecule has 2 rings (SSSR count). The summed E-state index contributed by atoms with van der Waals surface area (Å²) in [5.74, 6) is -2.43. The molecular weight excluding hydrogens is 670 g/mol. The van der Waals surface area contributed by atoms with Gasteiger partial charge < -0.3 is 31.7 Å². The van der Waals surface area contributed by atoms with E-state index in [0.29, 0.717) is 25.7 Å². The molecule has 0 aliphatic rings. The lowest BCUT2D eigenvalue weighted by molar-refractivity contribution is -0.134. The van der Waals surface area contributed by atoms with E-state index in [0.717, 1.165) is 24.0 Å². The second-order valence-corrected chi connectivity index (χ2v) is 15.0. The lowest BCUT2D eigenvalue weighted by atomic mass is 9.95. The average Bonchev–Trinajstić information content (AvgIpc) is 3.12. The van der Waals surface area contributed by atoms with Gasteiger partial charge in [-0.05, 0) is 61.0 Å². The van der Waals surface area contributed by atoms with Crippen LogP contribution in [0.5, 0.6) is 0 Å². The first-order valence-corrected chi connectivity index (χ1v) is 19.4. The lowest BCUT2D eigenvalue weighted by Crippen LogP contribution is -2.58. The maximum atomic E-state index is 13.9. The van der Waals surface area contributed by atoms with Crippen LogP contribution in [0.2, 0.25) is 0 Å². The maximum absolute atomic E-state index is 13.9. The third-order valence-electron chi connectivity index (χ3n) is 9.73. The van der Waals surface area contributed by atoms with E-state index in [-0.39, 0.29) is 48.5 Å². The van der Waals surface area contributed by atoms with E-state index in [1.54, 1.807) is 13.8 Å². The molecule has 0 saturated heterocycles. The minimum atomic E-state index is -1.28. The molecule has 0 saturated carbocycles. The van der Waals surface area contributed by atoms with Gasteiger partial charge in [0.05, 0.1) is 25.0 Å². The number of rotatable bonds is 23. The largest absolute Gasteiger partial charge is 0.390 e. The molecule has 6 N–H and O–H groups in total. The highest BCUT2D eigenvalue weighted by atomic mass is 16.3. The predicted octanol–water partition coefficient (Wildman–Crippen LogP) is 4.61. The number of aliphatic hydroxyl groups is 1. The molecule has 0 fully saturated rings. The van der Waals surface area contributed by atoms with E-state index < -0.39 is 48.0 Å². The van der Waals surface area contributed by atoms with Gasteiger partial charge in [-0.25, -0.2) is 0 Å². The van der Waals surface area contributed by atoms with Crippen LogP contribution in [0.4, 0.5) is 0 Å². The molecule has 5 amide bonds. The Balaban J connectivity index is 2.23. The number of aryl methyl sites for hydroxylation is 1. The maximum Gasteiger partial charge on any atom is 0.243 e. The Morgan fingerprint density at radius 1 is 0.623 bits per heavy atom. The van der Waals surface area contributed by atoms with Crippen LogP contribution in [0.1, 0.15) is 105 Å². The third kappa shape index (κ3) is 16.1. The quantitative estimate of drug-likeness (QED) is 0.0977. The lowest BCUT2D eigenvalue weighted by Gasteiger charge is -2.30. The highest BCUT2D eigenvalue weighted by Gasteiger charge is 2.33. The molecule has 0 heterocycles. The molecule has 0 unspecified atom stereocenters. The molecule has 0 aliphatic carbocycles. The molecule has 53 heavy (non-hydrogen) atoms. The van der Waals surface area contributed by atoms with Crippen molar-refractivity contribution in [2.75, 3.05) is 0 Å². The fourth-order valence-corrected chi connectivity index (χ4v) is 6.17. The molecular formula is C42H65N5O6. The van der Waals surface area contributed by atoms with Crippen molar-refractivity contribution in [2.24, 2.45) is 17.8 Å². The Labute approximate surface area is 317 Å². The van der Waals surface area contributed by atoms with Crippen LogP contribution in [0, 0.1) is 17.8 Å². The number of hydrogen-bond donors (Lipinski definition) is 6. The molecule has 0 radical (unpaired) electrons. The van der Waals surface area contributed by atoms with E-state index >= 15 is 0 Å². The van der Waals surface area contributed by atoms with Gasteiger partial charge in [-0.15, -0.1) is 0 Å². The Bertz CT molecular complexity index is 1420. The Hall–Kier alpha value is -4.25. The van der Waals surface area contributed by atoms with Gasteiger partial charge in [0.1, 0.15) is 18.1 Å². The third-order valence-corrected chi connectivity index (χ3v) is 9.73. The van der Waals surface area contributed by atoms with Gasteiger partial charge in [-0.3, -0.25) is 24.0 Å². The van der Waals surface area contributed by atoms with Gasteiger partial charge in [-0.1, -0.05) is 122 Å². The minimum Gasteiger partial charge on any atom is -0.390 e. The number of nitrogens with one attached hydrogen (secondary N) is 5. The first-order valence-electron chi connectivity index (χ1n) is 19.4. The first kappa shape index (κ1) is 44.9. The number of carbonyl (C=O) groups is 5. The summed E-state index contributed by atoms with van der Waals surface area (Å²) < 4.78 is 0. The highest BCUT2D eigenvalue weighted by molar-refractivity contribution is 5.93. The van der Waals surface area contributed by atoms with Crippen molar-refractivity contribution < 1.29 is 29.1 Å². The number of amides is 5. The number of benzene rings is 2. The van der Waals surface area contributed by atoms with E-state index in [1.165, 1.54) is 0 Å². The molecule has 0 aromatic heterocycles. The predicted molar refractivity (Wildman–Crippen MR) is 210 cm³/mol. The Morgan fingerprint density at radius 3 is 1.72 bits per heavy atom. The zero-order valence-electron chi connectivity index (χ0n) is 33.1. The summed E-state index contributed by atoms with van der Waals surface area (Å²) in [5, 5.41) is 26.0. The summed E-state index contributed by atoms with van der Waals surface area (Å²) in [6.07, 6.45) is 1.90. The van der Waals surface area contributed by atoms with Crippen LogP contribution in [-0.4, -0.2) is 71.0 Å². The van der Waals surface area contributed by atoms with Gasteiger partial charge in [0.15, 0.2) is 0 Å². The zero-order valence-corrected chi connectivity index (χ0v) is 33.1. The van der Waals surface area contributed by atoms with E-state index in [4.69, 9.17) is 0 Å². The smallest absolute Gasteiger partial charge is 0.243 e. The molecule has 2 aromatic rings. The molecule has 0 spiro atoms. The van der Waals surface area contributed by atoms with Crippen LogP contribution < -0.4 is 26.6 Å². The monoisotopic (exact) mass is 735 g/mol. The fourth-order valence-electron chi connectivity index (χ4n) is 6.17. The normalized spacial score (nSPS) is 14.8. The van der Waals surface area contributed by atoms with Crippen molar-refractivity contribution >= 4 is 29.5 Å². The van der Waals surface area contributed by atoms with Crippen molar-refractivity contribution in [1.29, 1.82) is 0 Å². The van der Waals surface area contributed by atoms with Crippen molar-refractivity contribution in [3.05, 3.63) is 71.8 Å². The molecule has 6 atom stereocenters. The highest BCUT2D eigenvalue weighted by Crippen LogP contribution is 2.15. The molecule has 0 bridgehead atoms. The van der Waals surface area contributed by atoms with Crippen molar-refractivity contribution in [2.45, 2.75) is 143 Å². The summed E-state index contributed by atoms with van der Waals surface area (Å²) in [6.45, 7) is 15.4. The van der Waals surface area contributed by atoms with Gasteiger partial charge in [0.2, 0.25) is 29.5 Å². The summed E-state index contributed by atoms with van der Waals surface area (Å²) in [6, 6.07) is 15.4. The first-order chi connectivity index (χ1) is 25.2. The van der Waals surface area contributed by atoms with E-state index in [1.807, 2.05) is 102 Å². The van der Waals surface area contributed by atoms with Crippen LogP contribution in [-0.2, 0) is 36.8 Å². The van der Waals surface area contributed by atoms with Crippen LogP contribution in [0.25, 0.3) is 0 Å². The van der Waals surface area contributed by atoms with Gasteiger partial charge in [0, 0.05) is 6.04 Å². The molecule has 294 valence electrons. The summed E-state index contributed by atoms with van der Waals surface area (Å²) >= 11 is 0. The summed E-state index contributed by atoms with van der Waals surface area (Å²) in [7, 11) is 0. The summed E-state index contributed by atoms with van der Waals surface area (Å²) in [4.78, 5) is 67.1. The molecule has 0 aliphatic heterocycles. The fraction of sp³-hybridized carbons (Fsp3) is 0.595. The van der Waals surface area contributed by atoms with E-state index in [2.05, 4.69) is 26.6 Å². The molecule has 11 nitrogen and oxygen atoms in total. The average molecular weight is 736 g/mol. The number of hydrogen-bond acceptors (Lipinski definition) is 6. The van der Waals surface area contributed by atoms with Gasteiger partial charge in [0.25, 0.3) is 0 Å². The number of aliphatic hydroxyl groups excluding tert-OH is 1. The minimum absolute atomic E-state index is 0.00488. The SMILES string of the molecule is CCC(CC)NC(=O)[C@@H](NC(=O)C[C@H](O)[C@H](CCc1ccccc1)NC(=O)[C@@H](NC(=O)[C@H](CC(C)C)NC(=O)Cc1ccccc1)C(C)C)[C@@H](C)CC. The van der Waals surface area contributed by atoms with Crippen LogP contribution >= 0.6 is 0 Å². The molecule has 2 aromatic carbocycles. The standard InChI is InChI=1S/C42H65N5O6/c1-9-29(8)39(42(53)43-32(10-2)11-3)46-37(50)26-35(48)33(23-22-30-18-14-12-15-19-30)45-41(52)38(28(6)7)47-40(51)34(24-27(4)5)44-36(49)25-31-20-16-13-17-21-31/h12-21,27-29,32-35,38-39,48H,9-11,22-26H2,1-8H3,(H,43,53)(H,44,49)(H,45,52)(H,46,50)(H,47,51)/t29-,33-,34-,35-,38-,39-/m0/s1. The Morgan fingerprint density at radius 2 is 1.19 bits per heavy atom. The molecule has 11 heteroatoms. The van der Waals surface area contributed by atoms with Gasteiger partial charge >= 0.3 is 0 Å². The van der Waals surface area contributed by atoms with Crippen molar-refractivity contribution in [1.82, 2.24) is 26.6 Å². The van der Waals surface area contributed by atoms with Crippen molar-refractivity contribution in [3.63, 3.8) is 0 Å². The van der Waals surface area contributed by atoms with Crippen molar-refractivity contribution in [3.8, 4) is 0 Å². The second-order valence-electron chi connectivity index (χ2n) is 15.0. The Kier molecular flexibility index (Phi) is 19.8. The second kappa shape index (κ2) is 23.4. The van der Waals surface area contributed by atoms with Crippen LogP contribution in [0.3, 0.4) is 0 Å². The summed E-state index contributed by atoms with van der Waals surface area (Å²) in [5.41, 5.74) is 1.82. The van der Waals surface area contributed by atoms with Gasteiger partial charge in [-0.2, -0.15) is 0 Å². The van der Waals surface area contributed by atoms with Crippen LogP contribution in [0.15, 0.2) is 60.7 Å². The topological polar surface area (TPSA) is 166 Å². The zero-order chi connectivity index (χ0) is 39.5. The van der Waals surface area contributed by atoms with E-state index in [9.17, 15) is 29.1 Å². The number of carbonyl (C=O) groups excluding carboxylic acids is 5.